The van der Waals surface area contributed by atoms with Crippen molar-refractivity contribution < 1.29 is 13.2 Å². The lowest BCUT2D eigenvalue weighted by atomic mass is 10.0. The zero-order valence-corrected chi connectivity index (χ0v) is 10.8. The van der Waals surface area contributed by atoms with Gasteiger partial charge in [-0.3, -0.25) is 0 Å². The molecule has 1 aromatic carbocycles. The van der Waals surface area contributed by atoms with Crippen LogP contribution in [-0.2, 0) is 6.54 Å². The molecular weight excluding hydrogens is 253 g/mol. The summed E-state index contributed by atoms with van der Waals surface area (Å²) in [5.74, 6) is 0. The zero-order chi connectivity index (χ0) is 13.7. The maximum absolute atomic E-state index is 12.8. The first kappa shape index (κ1) is 14.3. The van der Waals surface area contributed by atoms with Crippen molar-refractivity contribution in [3.63, 3.8) is 0 Å². The summed E-state index contributed by atoms with van der Waals surface area (Å²) in [7, 11) is 0. The van der Waals surface area contributed by atoms with Gasteiger partial charge in [0, 0.05) is 25.7 Å². The lowest BCUT2D eigenvalue weighted by Crippen LogP contribution is -2.52. The van der Waals surface area contributed by atoms with Gasteiger partial charge in [-0.2, -0.15) is 13.2 Å². The summed E-state index contributed by atoms with van der Waals surface area (Å²) in [6.45, 7) is 1.12. The predicted molar refractivity (Wildman–Crippen MR) is 68.5 cm³/mol. The third-order valence-corrected chi connectivity index (χ3v) is 3.50. The van der Waals surface area contributed by atoms with Gasteiger partial charge in [0.05, 0.1) is 0 Å². The smallest absolute Gasteiger partial charge is 0.311 e. The number of rotatable bonds is 4. The molecule has 0 spiro atoms. The van der Waals surface area contributed by atoms with E-state index < -0.39 is 12.3 Å². The van der Waals surface area contributed by atoms with Crippen LogP contribution in [-0.4, -0.2) is 30.3 Å². The van der Waals surface area contributed by atoms with Crippen LogP contribution in [0.4, 0.5) is 13.2 Å². The first-order valence-corrected chi connectivity index (χ1v) is 6.65. The number of nitrogens with one attached hydrogen (secondary N) is 1. The molecule has 1 N–H and O–H groups in total. The fourth-order valence-corrected chi connectivity index (χ4v) is 2.53. The van der Waals surface area contributed by atoms with Gasteiger partial charge >= 0.3 is 6.30 Å². The molecule has 0 bridgehead atoms. The summed E-state index contributed by atoms with van der Waals surface area (Å²) in [6, 6.07) is 9.29. The van der Waals surface area contributed by atoms with Crippen molar-refractivity contribution >= 4 is 0 Å². The van der Waals surface area contributed by atoms with Crippen molar-refractivity contribution in [1.82, 2.24) is 10.2 Å². The van der Waals surface area contributed by atoms with Crippen LogP contribution in [0, 0.1) is 0 Å². The van der Waals surface area contributed by atoms with E-state index in [4.69, 9.17) is 0 Å². The average Bonchev–Trinajstić information content (AvgIpc) is 2.39. The van der Waals surface area contributed by atoms with E-state index >= 15 is 0 Å². The Morgan fingerprint density at radius 2 is 1.89 bits per heavy atom. The summed E-state index contributed by atoms with van der Waals surface area (Å²) in [4.78, 5) is 0.675. The van der Waals surface area contributed by atoms with Crippen LogP contribution in [0.15, 0.2) is 30.3 Å². The highest BCUT2D eigenvalue weighted by Crippen LogP contribution is 2.29. The van der Waals surface area contributed by atoms with E-state index in [1.165, 1.54) is 0 Å². The highest BCUT2D eigenvalue weighted by molar-refractivity contribution is 5.14. The molecular formula is C14H19F3N2. The second kappa shape index (κ2) is 6.39. The molecule has 1 aliphatic heterocycles. The lowest BCUT2D eigenvalue weighted by Gasteiger charge is -2.36. The standard InChI is InChI=1S/C14H19F3N2/c15-14(16,17)19-9-5-4-8-13(19)11-18-10-12-6-2-1-3-7-12/h1-3,6-7,13,18H,4-5,8-11H2/t13-/m1/s1. The number of hydrogen-bond donors (Lipinski definition) is 1. The van der Waals surface area contributed by atoms with Crippen molar-refractivity contribution in [2.75, 3.05) is 13.1 Å². The minimum Gasteiger partial charge on any atom is -0.311 e. The highest BCUT2D eigenvalue weighted by Gasteiger charge is 2.42. The van der Waals surface area contributed by atoms with Gasteiger partial charge < -0.3 is 5.32 Å². The van der Waals surface area contributed by atoms with Crippen LogP contribution in [0.1, 0.15) is 24.8 Å². The number of alkyl halides is 3. The van der Waals surface area contributed by atoms with Crippen LogP contribution in [0.3, 0.4) is 0 Å². The monoisotopic (exact) mass is 272 g/mol. The summed E-state index contributed by atoms with van der Waals surface area (Å²) in [5, 5.41) is 3.13. The molecule has 1 heterocycles. The molecule has 0 unspecified atom stereocenters. The first-order chi connectivity index (χ1) is 9.07. The Bertz CT molecular complexity index is 378. The van der Waals surface area contributed by atoms with E-state index in [9.17, 15) is 13.2 Å². The number of nitrogens with zero attached hydrogens (tertiary/aromatic N) is 1. The number of hydrogen-bond acceptors (Lipinski definition) is 2. The summed E-state index contributed by atoms with van der Waals surface area (Å²) >= 11 is 0. The molecule has 2 rings (SSSR count). The Balaban J connectivity index is 1.83. The number of piperidine rings is 1. The Hall–Kier alpha value is -1.07. The van der Waals surface area contributed by atoms with E-state index in [0.717, 1.165) is 12.0 Å². The van der Waals surface area contributed by atoms with Crippen molar-refractivity contribution in [3.8, 4) is 0 Å². The molecule has 106 valence electrons. The number of likely N-dealkylation sites (tertiary alicyclic amines) is 1. The van der Waals surface area contributed by atoms with Crippen molar-refractivity contribution in [2.45, 2.75) is 38.1 Å². The minimum atomic E-state index is -4.21. The molecule has 5 heteroatoms. The Morgan fingerprint density at radius 3 is 2.58 bits per heavy atom. The molecule has 0 aromatic heterocycles. The second-order valence-corrected chi connectivity index (χ2v) is 4.93. The molecule has 19 heavy (non-hydrogen) atoms. The maximum Gasteiger partial charge on any atom is 0.460 e. The van der Waals surface area contributed by atoms with Gasteiger partial charge in [0.25, 0.3) is 0 Å². The van der Waals surface area contributed by atoms with Crippen molar-refractivity contribution in [3.05, 3.63) is 35.9 Å². The minimum absolute atomic E-state index is 0.126. The van der Waals surface area contributed by atoms with Crippen molar-refractivity contribution in [2.24, 2.45) is 0 Å². The largest absolute Gasteiger partial charge is 0.460 e. The molecule has 0 saturated carbocycles. The quantitative estimate of drug-likeness (QED) is 0.847. The van der Waals surface area contributed by atoms with E-state index in [2.05, 4.69) is 5.32 Å². The van der Waals surface area contributed by atoms with Gasteiger partial charge in [-0.15, -0.1) is 0 Å². The Labute approximate surface area is 111 Å². The fourth-order valence-electron chi connectivity index (χ4n) is 2.53. The highest BCUT2D eigenvalue weighted by atomic mass is 19.4. The van der Waals surface area contributed by atoms with Gasteiger partial charge in [0.15, 0.2) is 0 Å². The summed E-state index contributed by atoms with van der Waals surface area (Å²) < 4.78 is 38.5. The van der Waals surface area contributed by atoms with Crippen LogP contribution in [0.2, 0.25) is 0 Å². The normalized spacial score (nSPS) is 21.5. The molecule has 0 aliphatic carbocycles. The zero-order valence-electron chi connectivity index (χ0n) is 10.8. The molecule has 1 fully saturated rings. The van der Waals surface area contributed by atoms with Gasteiger partial charge in [0.2, 0.25) is 0 Å². The van der Waals surface area contributed by atoms with E-state index in [-0.39, 0.29) is 6.54 Å². The summed E-state index contributed by atoms with van der Waals surface area (Å²) in [5.41, 5.74) is 1.09. The van der Waals surface area contributed by atoms with Crippen molar-refractivity contribution in [1.29, 1.82) is 0 Å². The molecule has 1 aromatic rings. The van der Waals surface area contributed by atoms with Crippen LogP contribution in [0.5, 0.6) is 0 Å². The Kier molecular flexibility index (Phi) is 4.82. The molecule has 2 nitrogen and oxygen atoms in total. The average molecular weight is 272 g/mol. The SMILES string of the molecule is FC(F)(F)N1CCCC[C@@H]1CNCc1ccccc1. The lowest BCUT2D eigenvalue weighted by molar-refractivity contribution is -0.263. The van der Waals surface area contributed by atoms with E-state index in [1.54, 1.807) is 0 Å². The fraction of sp³-hybridized carbons (Fsp3) is 0.571. The molecule has 0 amide bonds. The number of benzene rings is 1. The molecule has 1 saturated heterocycles. The second-order valence-electron chi connectivity index (χ2n) is 4.93. The maximum atomic E-state index is 12.8. The third kappa shape index (κ3) is 4.21. The molecule has 1 atom stereocenters. The van der Waals surface area contributed by atoms with Crippen LogP contribution >= 0.6 is 0 Å². The van der Waals surface area contributed by atoms with Gasteiger partial charge in [0.1, 0.15) is 0 Å². The third-order valence-electron chi connectivity index (χ3n) is 3.50. The predicted octanol–water partition coefficient (Wildman–Crippen LogP) is 3.15. The van der Waals surface area contributed by atoms with Gasteiger partial charge in [-0.05, 0) is 18.4 Å². The van der Waals surface area contributed by atoms with Gasteiger partial charge in [-0.25, -0.2) is 4.90 Å². The topological polar surface area (TPSA) is 15.3 Å². The first-order valence-electron chi connectivity index (χ1n) is 6.65. The number of halogens is 3. The van der Waals surface area contributed by atoms with E-state index in [0.29, 0.717) is 30.8 Å². The molecule has 1 aliphatic rings. The van der Waals surface area contributed by atoms with Crippen LogP contribution < -0.4 is 5.32 Å². The summed E-state index contributed by atoms with van der Waals surface area (Å²) in [6.07, 6.45) is -2.08. The Morgan fingerprint density at radius 1 is 1.16 bits per heavy atom. The van der Waals surface area contributed by atoms with E-state index in [1.807, 2.05) is 30.3 Å². The van der Waals surface area contributed by atoms with Crippen LogP contribution in [0.25, 0.3) is 0 Å². The molecule has 0 radical (unpaired) electrons. The van der Waals surface area contributed by atoms with Gasteiger partial charge in [-0.1, -0.05) is 36.8 Å².